The Morgan fingerprint density at radius 2 is 2.28 bits per heavy atom. The minimum atomic E-state index is 0.374. The summed E-state index contributed by atoms with van der Waals surface area (Å²) in [5, 5.41) is 8.53. The average Bonchev–Trinajstić information content (AvgIpc) is 2.92. The zero-order chi connectivity index (χ0) is 12.5. The van der Waals surface area contributed by atoms with Crippen LogP contribution in [0.5, 0.6) is 0 Å². The average molecular weight is 260 g/mol. The fourth-order valence-corrected chi connectivity index (χ4v) is 2.38. The third kappa shape index (κ3) is 1.78. The molecule has 90 valence electrons. The van der Waals surface area contributed by atoms with Gasteiger partial charge in [0.25, 0.3) is 5.22 Å². The van der Waals surface area contributed by atoms with Crippen molar-refractivity contribution < 1.29 is 9.21 Å². The van der Waals surface area contributed by atoms with E-state index in [0.717, 1.165) is 6.29 Å². The number of aldehydes is 1. The first-order chi connectivity index (χ1) is 8.78. The highest BCUT2D eigenvalue weighted by Crippen LogP contribution is 2.28. The summed E-state index contributed by atoms with van der Waals surface area (Å²) in [7, 11) is 0. The quantitative estimate of drug-likeness (QED) is 0.670. The number of nitrogens with zero attached hydrogens (tertiary/aromatic N) is 4. The normalized spacial score (nSPS) is 10.9. The van der Waals surface area contributed by atoms with Crippen LogP contribution >= 0.6 is 11.8 Å². The molecule has 0 fully saturated rings. The number of fused-ring (bicyclic) bond motifs is 1. The fourth-order valence-electron chi connectivity index (χ4n) is 1.58. The Bertz CT molecular complexity index is 719. The molecule has 0 aliphatic heterocycles. The van der Waals surface area contributed by atoms with Crippen LogP contribution in [-0.4, -0.2) is 25.9 Å². The number of carbonyl (C=O) groups is 1. The van der Waals surface area contributed by atoms with E-state index in [-0.39, 0.29) is 0 Å². The van der Waals surface area contributed by atoms with Gasteiger partial charge in [-0.15, -0.1) is 10.2 Å². The monoisotopic (exact) mass is 260 g/mol. The molecule has 3 aromatic rings. The van der Waals surface area contributed by atoms with Crippen molar-refractivity contribution in [3.05, 3.63) is 36.0 Å². The lowest BCUT2D eigenvalue weighted by Gasteiger charge is -1.93. The van der Waals surface area contributed by atoms with Crippen LogP contribution in [0.1, 0.15) is 16.4 Å². The first-order valence-corrected chi connectivity index (χ1v) is 6.00. The van der Waals surface area contributed by atoms with Gasteiger partial charge in [0.1, 0.15) is 16.4 Å². The number of rotatable bonds is 3. The topological polar surface area (TPSA) is 73.3 Å². The van der Waals surface area contributed by atoms with E-state index >= 15 is 0 Å². The van der Waals surface area contributed by atoms with Crippen LogP contribution in [0.3, 0.4) is 0 Å². The molecule has 0 bridgehead atoms. The van der Waals surface area contributed by atoms with Crippen molar-refractivity contribution in [2.24, 2.45) is 0 Å². The second-order valence-corrected chi connectivity index (χ2v) is 4.48. The zero-order valence-electron chi connectivity index (χ0n) is 9.40. The van der Waals surface area contributed by atoms with Crippen LogP contribution in [-0.2, 0) is 0 Å². The van der Waals surface area contributed by atoms with E-state index in [2.05, 4.69) is 15.2 Å². The Balaban J connectivity index is 2.08. The van der Waals surface area contributed by atoms with Crippen molar-refractivity contribution >= 4 is 23.7 Å². The summed E-state index contributed by atoms with van der Waals surface area (Å²) < 4.78 is 6.98. The highest BCUT2D eigenvalue weighted by molar-refractivity contribution is 7.99. The van der Waals surface area contributed by atoms with Gasteiger partial charge >= 0.3 is 0 Å². The summed E-state index contributed by atoms with van der Waals surface area (Å²) in [6.07, 6.45) is 2.56. The largest absolute Gasteiger partial charge is 0.416 e. The van der Waals surface area contributed by atoms with E-state index in [1.54, 1.807) is 17.5 Å². The van der Waals surface area contributed by atoms with Gasteiger partial charge in [0.15, 0.2) is 6.29 Å². The van der Waals surface area contributed by atoms with Crippen molar-refractivity contribution in [3.63, 3.8) is 0 Å². The summed E-state index contributed by atoms with van der Waals surface area (Å²) in [5.41, 5.74) is 1.18. The molecule has 6 nitrogen and oxygen atoms in total. The molecular weight excluding hydrogens is 252 g/mol. The molecule has 0 N–H and O–H groups in total. The second kappa shape index (κ2) is 4.26. The number of carbonyl (C=O) groups excluding carboxylic acids is 1. The third-order valence-corrected chi connectivity index (χ3v) is 3.17. The SMILES string of the molecule is Cc1nnc(Sc2nc3ccccn3c2C=O)o1. The number of hydrogen-bond acceptors (Lipinski definition) is 6. The van der Waals surface area contributed by atoms with Gasteiger partial charge < -0.3 is 4.42 Å². The van der Waals surface area contributed by atoms with Crippen LogP contribution in [0.2, 0.25) is 0 Å². The third-order valence-electron chi connectivity index (χ3n) is 2.34. The van der Waals surface area contributed by atoms with E-state index in [1.165, 1.54) is 11.8 Å². The second-order valence-electron chi connectivity index (χ2n) is 3.54. The summed E-state index contributed by atoms with van der Waals surface area (Å²) in [6, 6.07) is 5.53. The van der Waals surface area contributed by atoms with E-state index in [9.17, 15) is 4.79 Å². The Hall–Kier alpha value is -2.15. The first-order valence-electron chi connectivity index (χ1n) is 5.18. The lowest BCUT2D eigenvalue weighted by atomic mass is 10.4. The van der Waals surface area contributed by atoms with Gasteiger partial charge in [-0.2, -0.15) is 0 Å². The van der Waals surface area contributed by atoms with Crippen LogP contribution in [0.15, 0.2) is 39.1 Å². The van der Waals surface area contributed by atoms with Gasteiger partial charge in [-0.3, -0.25) is 9.20 Å². The van der Waals surface area contributed by atoms with Crippen LogP contribution in [0.25, 0.3) is 5.65 Å². The highest BCUT2D eigenvalue weighted by atomic mass is 32.2. The number of aryl methyl sites for hydroxylation is 1. The van der Waals surface area contributed by atoms with Crippen LogP contribution in [0.4, 0.5) is 0 Å². The van der Waals surface area contributed by atoms with Gasteiger partial charge in [-0.05, 0) is 23.9 Å². The zero-order valence-corrected chi connectivity index (χ0v) is 10.2. The van der Waals surface area contributed by atoms with Crippen LogP contribution in [0, 0.1) is 6.92 Å². The fraction of sp³-hybridized carbons (Fsp3) is 0.0909. The number of aromatic nitrogens is 4. The minimum Gasteiger partial charge on any atom is -0.416 e. The maximum absolute atomic E-state index is 11.2. The Morgan fingerprint density at radius 1 is 1.39 bits per heavy atom. The Labute approximate surface area is 106 Å². The predicted molar refractivity (Wildman–Crippen MR) is 63.7 cm³/mol. The molecule has 0 unspecified atom stereocenters. The van der Waals surface area contributed by atoms with Crippen molar-refractivity contribution in [2.75, 3.05) is 0 Å². The van der Waals surface area contributed by atoms with Crippen molar-refractivity contribution in [1.29, 1.82) is 0 Å². The molecule has 0 amide bonds. The highest BCUT2D eigenvalue weighted by Gasteiger charge is 2.15. The van der Waals surface area contributed by atoms with Gasteiger partial charge in [0, 0.05) is 13.1 Å². The van der Waals surface area contributed by atoms with Gasteiger partial charge in [-0.1, -0.05) is 6.07 Å². The summed E-state index contributed by atoms with van der Waals surface area (Å²) in [5.74, 6) is 0.480. The maximum Gasteiger partial charge on any atom is 0.283 e. The number of hydrogen-bond donors (Lipinski definition) is 0. The molecule has 7 heteroatoms. The summed E-state index contributed by atoms with van der Waals surface area (Å²) in [4.78, 5) is 15.5. The van der Waals surface area contributed by atoms with Crippen molar-refractivity contribution in [3.8, 4) is 0 Å². The molecular formula is C11H8N4O2S. The lowest BCUT2D eigenvalue weighted by Crippen LogP contribution is -1.90. The molecule has 0 saturated carbocycles. The number of pyridine rings is 1. The molecule has 0 aromatic carbocycles. The maximum atomic E-state index is 11.2. The molecule has 0 spiro atoms. The van der Waals surface area contributed by atoms with Crippen molar-refractivity contribution in [2.45, 2.75) is 17.2 Å². The standard InChI is InChI=1S/C11H8N4O2S/c1-7-13-14-11(17-7)18-10-8(6-16)15-5-3-2-4-9(15)12-10/h2-6H,1H3. The molecule has 0 radical (unpaired) electrons. The molecule has 3 rings (SSSR count). The number of imidazole rings is 1. The Kier molecular flexibility index (Phi) is 2.60. The van der Waals surface area contributed by atoms with E-state index < -0.39 is 0 Å². The van der Waals surface area contributed by atoms with E-state index in [0.29, 0.717) is 27.5 Å². The summed E-state index contributed by atoms with van der Waals surface area (Å²) in [6.45, 7) is 1.71. The lowest BCUT2D eigenvalue weighted by molar-refractivity contribution is 0.111. The predicted octanol–water partition coefficient (Wildman–Crippen LogP) is 1.99. The molecule has 0 saturated heterocycles. The molecule has 3 heterocycles. The molecule has 0 aliphatic rings. The van der Waals surface area contributed by atoms with Gasteiger partial charge in [0.05, 0.1) is 0 Å². The molecule has 0 atom stereocenters. The van der Waals surface area contributed by atoms with Gasteiger partial charge in [-0.25, -0.2) is 4.98 Å². The summed E-state index contributed by atoms with van der Waals surface area (Å²) >= 11 is 1.18. The van der Waals surface area contributed by atoms with Gasteiger partial charge in [0.2, 0.25) is 5.89 Å². The van der Waals surface area contributed by atoms with E-state index in [4.69, 9.17) is 4.42 Å². The Morgan fingerprint density at radius 3 is 3.00 bits per heavy atom. The molecule has 3 aromatic heterocycles. The minimum absolute atomic E-state index is 0.374. The smallest absolute Gasteiger partial charge is 0.283 e. The molecule has 18 heavy (non-hydrogen) atoms. The molecule has 0 aliphatic carbocycles. The van der Waals surface area contributed by atoms with E-state index in [1.807, 2.05) is 18.2 Å². The van der Waals surface area contributed by atoms with Crippen LogP contribution < -0.4 is 0 Å². The van der Waals surface area contributed by atoms with Crippen molar-refractivity contribution in [1.82, 2.24) is 19.6 Å². The first kappa shape index (κ1) is 11.0.